The number of pyridine rings is 1. The van der Waals surface area contributed by atoms with Gasteiger partial charge in [0.1, 0.15) is 6.61 Å². The van der Waals surface area contributed by atoms with E-state index in [0.29, 0.717) is 38.8 Å². The number of Topliss-reactive ketones (excluding diaryl/α,β-unsaturated/α-hetero) is 1. The maximum absolute atomic E-state index is 12.6. The second-order valence-electron chi connectivity index (χ2n) is 6.04. The number of ketones is 1. The molecule has 28 heavy (non-hydrogen) atoms. The van der Waals surface area contributed by atoms with Gasteiger partial charge in [-0.05, 0) is 54.8 Å². The van der Waals surface area contributed by atoms with E-state index in [1.54, 1.807) is 30.6 Å². The number of hydrogen-bond donors (Lipinski definition) is 2. The molecule has 3 N–H and O–H groups in total. The molecule has 0 bridgehead atoms. The Bertz CT molecular complexity index is 985. The normalized spacial score (nSPS) is 15.8. The van der Waals surface area contributed by atoms with Gasteiger partial charge < -0.3 is 15.6 Å². The van der Waals surface area contributed by atoms with Gasteiger partial charge in [-0.2, -0.15) is 0 Å². The summed E-state index contributed by atoms with van der Waals surface area (Å²) in [6.07, 6.45) is 9.44. The molecule has 0 atom stereocenters. The van der Waals surface area contributed by atoms with Crippen LogP contribution in [0.25, 0.3) is 6.08 Å². The molecule has 5 nitrogen and oxygen atoms in total. The quantitative estimate of drug-likeness (QED) is 0.471. The van der Waals surface area contributed by atoms with Gasteiger partial charge in [0.2, 0.25) is 0 Å². The van der Waals surface area contributed by atoms with E-state index in [9.17, 15) is 9.90 Å². The van der Waals surface area contributed by atoms with Crippen molar-refractivity contribution in [3.63, 3.8) is 0 Å². The van der Waals surface area contributed by atoms with Crippen molar-refractivity contribution in [2.24, 2.45) is 5.73 Å². The number of aromatic hydroxyl groups is 1. The smallest absolute Gasteiger partial charge is 0.198 e. The first-order valence-electron chi connectivity index (χ1n) is 8.57. The van der Waals surface area contributed by atoms with Crippen LogP contribution in [-0.2, 0) is 11.4 Å². The topological polar surface area (TPSA) is 85.4 Å². The maximum Gasteiger partial charge on any atom is 0.198 e. The monoisotopic (exact) mass is 458 g/mol. The standard InChI is InChI=1S/C21H19BrN2O3S/c1-2-3-4-15-20(26)19(28-21(15)23)10-14-9-18(17(25)11-16(14)22)27-12-13-5-7-24-8-6-13/h2-3,5-11,25H,4,12,23H2,1H3/b3-2-,19-10-. The third-order valence-electron chi connectivity index (χ3n) is 4.08. The molecule has 0 fully saturated rings. The number of nitrogens with zero attached hydrogens (tertiary/aromatic N) is 1. The number of hydrogen-bond acceptors (Lipinski definition) is 6. The fraction of sp³-hybridized carbons (Fsp3) is 0.143. The second-order valence-corrected chi connectivity index (χ2v) is 7.98. The van der Waals surface area contributed by atoms with Crippen molar-refractivity contribution in [3.8, 4) is 11.5 Å². The molecule has 144 valence electrons. The summed E-state index contributed by atoms with van der Waals surface area (Å²) in [7, 11) is 0. The van der Waals surface area contributed by atoms with Gasteiger partial charge in [0.15, 0.2) is 17.3 Å². The van der Waals surface area contributed by atoms with Crippen LogP contribution in [0.15, 0.2) is 68.8 Å². The van der Waals surface area contributed by atoms with Crippen LogP contribution in [0.5, 0.6) is 11.5 Å². The minimum absolute atomic E-state index is 0.0138. The molecule has 0 saturated carbocycles. The van der Waals surface area contributed by atoms with Crippen molar-refractivity contribution in [2.45, 2.75) is 20.0 Å². The van der Waals surface area contributed by atoms with E-state index < -0.39 is 0 Å². The van der Waals surface area contributed by atoms with Crippen molar-refractivity contribution >= 4 is 39.6 Å². The third kappa shape index (κ3) is 4.66. The molecule has 2 heterocycles. The summed E-state index contributed by atoms with van der Waals surface area (Å²) < 4.78 is 6.40. The molecular formula is C21H19BrN2O3S. The molecule has 1 aromatic carbocycles. The number of phenols is 1. The first-order chi connectivity index (χ1) is 13.5. The number of carbonyl (C=O) groups excluding carboxylic acids is 1. The zero-order valence-electron chi connectivity index (χ0n) is 15.2. The molecule has 0 amide bonds. The summed E-state index contributed by atoms with van der Waals surface area (Å²) in [5.41, 5.74) is 8.29. The lowest BCUT2D eigenvalue weighted by Gasteiger charge is -2.11. The van der Waals surface area contributed by atoms with Crippen LogP contribution in [0.1, 0.15) is 24.5 Å². The van der Waals surface area contributed by atoms with Crippen molar-refractivity contribution < 1.29 is 14.6 Å². The Balaban J connectivity index is 1.83. The summed E-state index contributed by atoms with van der Waals surface area (Å²) in [5.74, 6) is 0.275. The average Bonchev–Trinajstić information content (AvgIpc) is 2.95. The zero-order chi connectivity index (χ0) is 20.1. The number of phenolic OH excluding ortho intramolecular Hbond substituents is 1. The fourth-order valence-electron chi connectivity index (χ4n) is 2.58. The lowest BCUT2D eigenvalue weighted by atomic mass is 10.1. The number of carbonyl (C=O) groups is 1. The van der Waals surface area contributed by atoms with Gasteiger partial charge in [0, 0.05) is 22.4 Å². The number of ether oxygens (including phenoxy) is 1. The number of thioether (sulfide) groups is 1. The molecule has 1 aliphatic heterocycles. The van der Waals surface area contributed by atoms with Crippen molar-refractivity contribution in [1.29, 1.82) is 0 Å². The van der Waals surface area contributed by atoms with Gasteiger partial charge in [-0.1, -0.05) is 39.8 Å². The van der Waals surface area contributed by atoms with Gasteiger partial charge in [-0.15, -0.1) is 0 Å². The van der Waals surface area contributed by atoms with E-state index in [1.807, 2.05) is 31.2 Å². The van der Waals surface area contributed by atoms with Gasteiger partial charge in [-0.3, -0.25) is 9.78 Å². The van der Waals surface area contributed by atoms with Crippen molar-refractivity contribution in [2.75, 3.05) is 0 Å². The number of halogens is 1. The Morgan fingerprint density at radius 2 is 2.07 bits per heavy atom. The number of allylic oxidation sites excluding steroid dienone is 4. The Kier molecular flexibility index (Phi) is 6.59. The molecule has 1 aromatic heterocycles. The summed E-state index contributed by atoms with van der Waals surface area (Å²) in [6.45, 7) is 2.20. The van der Waals surface area contributed by atoms with Crippen LogP contribution < -0.4 is 10.5 Å². The minimum Gasteiger partial charge on any atom is -0.504 e. The van der Waals surface area contributed by atoms with Crippen molar-refractivity contribution in [3.05, 3.63) is 79.9 Å². The van der Waals surface area contributed by atoms with Gasteiger partial charge >= 0.3 is 0 Å². The third-order valence-corrected chi connectivity index (χ3v) is 5.76. The molecule has 0 saturated heterocycles. The molecule has 0 spiro atoms. The van der Waals surface area contributed by atoms with Crippen LogP contribution in [0.3, 0.4) is 0 Å². The van der Waals surface area contributed by atoms with Gasteiger partial charge in [-0.25, -0.2) is 0 Å². The van der Waals surface area contributed by atoms with Crippen LogP contribution in [0.4, 0.5) is 0 Å². The Morgan fingerprint density at radius 3 is 2.79 bits per heavy atom. The highest BCUT2D eigenvalue weighted by Gasteiger charge is 2.26. The molecule has 0 unspecified atom stereocenters. The predicted molar refractivity (Wildman–Crippen MR) is 116 cm³/mol. The van der Waals surface area contributed by atoms with Gasteiger partial charge in [0.05, 0.1) is 9.93 Å². The number of rotatable bonds is 6. The molecule has 7 heteroatoms. The van der Waals surface area contributed by atoms with E-state index in [-0.39, 0.29) is 11.5 Å². The van der Waals surface area contributed by atoms with E-state index in [1.165, 1.54) is 11.8 Å². The Hall–Kier alpha value is -2.51. The van der Waals surface area contributed by atoms with E-state index in [2.05, 4.69) is 20.9 Å². The zero-order valence-corrected chi connectivity index (χ0v) is 17.6. The first kappa shape index (κ1) is 20.2. The lowest BCUT2D eigenvalue weighted by molar-refractivity contribution is -0.111. The van der Waals surface area contributed by atoms with Crippen LogP contribution in [0.2, 0.25) is 0 Å². The molecule has 1 aliphatic rings. The Labute approximate surface area is 176 Å². The highest BCUT2D eigenvalue weighted by atomic mass is 79.9. The summed E-state index contributed by atoms with van der Waals surface area (Å²) in [4.78, 5) is 17.1. The molecule has 0 aliphatic carbocycles. The second kappa shape index (κ2) is 9.12. The number of nitrogens with two attached hydrogens (primary N) is 1. The number of aromatic nitrogens is 1. The van der Waals surface area contributed by atoms with E-state index in [0.717, 1.165) is 11.1 Å². The maximum atomic E-state index is 12.6. The van der Waals surface area contributed by atoms with Crippen LogP contribution in [-0.4, -0.2) is 15.9 Å². The largest absolute Gasteiger partial charge is 0.504 e. The fourth-order valence-corrected chi connectivity index (χ4v) is 3.96. The number of benzene rings is 1. The molecule has 3 rings (SSSR count). The average molecular weight is 459 g/mol. The molecule has 2 aromatic rings. The summed E-state index contributed by atoms with van der Waals surface area (Å²) >= 11 is 4.69. The van der Waals surface area contributed by atoms with Gasteiger partial charge in [0.25, 0.3) is 0 Å². The van der Waals surface area contributed by atoms with Crippen LogP contribution in [0, 0.1) is 0 Å². The highest BCUT2D eigenvalue weighted by Crippen LogP contribution is 2.40. The van der Waals surface area contributed by atoms with E-state index >= 15 is 0 Å². The molecule has 0 radical (unpaired) electrons. The minimum atomic E-state index is -0.0696. The predicted octanol–water partition coefficient (Wildman–Crippen LogP) is 4.92. The van der Waals surface area contributed by atoms with Crippen LogP contribution >= 0.6 is 27.7 Å². The SMILES string of the molecule is C/C=C\CC1=C(N)S/C(=C\c2cc(OCc3ccncc3)c(O)cc2Br)C1=O. The van der Waals surface area contributed by atoms with Crippen molar-refractivity contribution in [1.82, 2.24) is 4.98 Å². The first-order valence-corrected chi connectivity index (χ1v) is 10.2. The summed E-state index contributed by atoms with van der Waals surface area (Å²) in [6, 6.07) is 6.93. The summed E-state index contributed by atoms with van der Waals surface area (Å²) in [5, 5.41) is 10.7. The highest BCUT2D eigenvalue weighted by molar-refractivity contribution is 9.10. The van der Waals surface area contributed by atoms with E-state index in [4.69, 9.17) is 10.5 Å². The molecular weight excluding hydrogens is 440 g/mol. The Morgan fingerprint density at radius 1 is 1.32 bits per heavy atom. The lowest BCUT2D eigenvalue weighted by Crippen LogP contribution is -2.01.